The zero-order valence-electron chi connectivity index (χ0n) is 14.3. The molecule has 2 atom stereocenters. The molecule has 0 radical (unpaired) electrons. The number of aliphatic carboxylic acids is 3. The van der Waals surface area contributed by atoms with E-state index in [1.165, 1.54) is 13.8 Å². The van der Waals surface area contributed by atoms with Gasteiger partial charge in [0.05, 0.1) is 0 Å². The third-order valence-electron chi connectivity index (χ3n) is 4.23. The monoisotopic (exact) mass is 358 g/mol. The summed E-state index contributed by atoms with van der Waals surface area (Å²) in [7, 11) is 0. The molecule has 9 heteroatoms. The van der Waals surface area contributed by atoms with Gasteiger partial charge in [-0.15, -0.1) is 0 Å². The molecule has 0 rings (SSSR count). The Morgan fingerprint density at radius 3 is 1.24 bits per heavy atom. The second kappa shape index (κ2) is 9.05. The van der Waals surface area contributed by atoms with E-state index in [1.54, 1.807) is 0 Å². The van der Waals surface area contributed by atoms with Gasteiger partial charge in [-0.2, -0.15) is 0 Å². The number of carbonyl (C=O) groups is 6. The Balaban J connectivity index is 5.83. The summed E-state index contributed by atoms with van der Waals surface area (Å²) in [5.74, 6) is -10.7. The highest BCUT2D eigenvalue weighted by atomic mass is 16.4. The highest BCUT2D eigenvalue weighted by Gasteiger charge is 2.49. The van der Waals surface area contributed by atoms with Crippen molar-refractivity contribution in [3.63, 3.8) is 0 Å². The molecule has 2 unspecified atom stereocenters. The van der Waals surface area contributed by atoms with Crippen LogP contribution in [0.5, 0.6) is 0 Å². The number of carbonyl (C=O) groups excluding carboxylic acids is 3. The summed E-state index contributed by atoms with van der Waals surface area (Å²) in [6, 6.07) is 0. The molecule has 0 heterocycles. The highest BCUT2D eigenvalue weighted by Crippen LogP contribution is 2.33. The molecular formula is C16H22O9. The second-order valence-electron chi connectivity index (χ2n) is 5.83. The van der Waals surface area contributed by atoms with Crippen molar-refractivity contribution in [1.82, 2.24) is 0 Å². The Hall–Kier alpha value is -2.58. The maximum absolute atomic E-state index is 12.2. The van der Waals surface area contributed by atoms with Gasteiger partial charge in [-0.3, -0.25) is 28.8 Å². The van der Waals surface area contributed by atoms with Crippen LogP contribution in [0.3, 0.4) is 0 Å². The van der Waals surface area contributed by atoms with Crippen molar-refractivity contribution in [2.24, 2.45) is 17.3 Å². The standard InChI is InChI=1S/C16H22O9/c1-4-9(13(20)21)11(18)6-16(8(3)17,15(24)25)7-12(19)10(5-2)14(22)23/h9-10H,4-7H2,1-3H3,(H,20,21)(H,22,23)(H,24,25). The van der Waals surface area contributed by atoms with Gasteiger partial charge in [-0.25, -0.2) is 0 Å². The van der Waals surface area contributed by atoms with Crippen LogP contribution in [-0.2, 0) is 28.8 Å². The summed E-state index contributed by atoms with van der Waals surface area (Å²) >= 11 is 0. The minimum atomic E-state index is -2.47. The van der Waals surface area contributed by atoms with Crippen LogP contribution in [0.2, 0.25) is 0 Å². The van der Waals surface area contributed by atoms with E-state index in [1.807, 2.05) is 0 Å². The van der Waals surface area contributed by atoms with E-state index < -0.39 is 65.4 Å². The summed E-state index contributed by atoms with van der Waals surface area (Å²) in [5.41, 5.74) is -2.47. The molecule has 0 saturated carbocycles. The van der Waals surface area contributed by atoms with Crippen molar-refractivity contribution in [1.29, 1.82) is 0 Å². The molecule has 9 nitrogen and oxygen atoms in total. The first-order chi connectivity index (χ1) is 11.4. The smallest absolute Gasteiger partial charge is 0.318 e. The van der Waals surface area contributed by atoms with Gasteiger partial charge in [-0.1, -0.05) is 13.8 Å². The molecule has 0 saturated heterocycles. The van der Waals surface area contributed by atoms with Crippen molar-refractivity contribution in [3.8, 4) is 0 Å². The van der Waals surface area contributed by atoms with Crippen molar-refractivity contribution in [2.45, 2.75) is 46.5 Å². The summed E-state index contributed by atoms with van der Waals surface area (Å²) in [6.07, 6.45) is -2.18. The Bertz CT molecular complexity index is 538. The molecule has 0 aliphatic heterocycles. The number of carboxylic acid groups (broad SMARTS) is 3. The van der Waals surface area contributed by atoms with E-state index in [9.17, 15) is 33.9 Å². The lowest BCUT2D eigenvalue weighted by atomic mass is 9.72. The molecule has 140 valence electrons. The molecule has 0 aliphatic rings. The van der Waals surface area contributed by atoms with Crippen LogP contribution in [-0.4, -0.2) is 50.6 Å². The first-order valence-electron chi connectivity index (χ1n) is 7.70. The minimum absolute atomic E-state index is 0.109. The topological polar surface area (TPSA) is 163 Å². The normalized spacial score (nSPS) is 15.5. The van der Waals surface area contributed by atoms with Crippen molar-refractivity contribution < 1.29 is 44.1 Å². The molecule has 0 aromatic heterocycles. The third-order valence-corrected chi connectivity index (χ3v) is 4.23. The number of carboxylic acids is 3. The van der Waals surface area contributed by atoms with Crippen LogP contribution in [0.4, 0.5) is 0 Å². The SMILES string of the molecule is CCC(C(=O)O)C(=O)CC(CC(=O)C(CC)C(=O)O)(C(C)=O)C(=O)O. The van der Waals surface area contributed by atoms with E-state index in [-0.39, 0.29) is 12.8 Å². The molecule has 0 aromatic rings. The second-order valence-corrected chi connectivity index (χ2v) is 5.83. The van der Waals surface area contributed by atoms with Gasteiger partial charge < -0.3 is 15.3 Å². The van der Waals surface area contributed by atoms with E-state index in [0.717, 1.165) is 6.92 Å². The molecule has 0 fully saturated rings. The average molecular weight is 358 g/mol. The number of hydrogen-bond acceptors (Lipinski definition) is 6. The third kappa shape index (κ3) is 5.20. The largest absolute Gasteiger partial charge is 0.481 e. The Morgan fingerprint density at radius 1 is 0.760 bits per heavy atom. The van der Waals surface area contributed by atoms with E-state index >= 15 is 0 Å². The van der Waals surface area contributed by atoms with Gasteiger partial charge in [-0.05, 0) is 19.8 Å². The van der Waals surface area contributed by atoms with Gasteiger partial charge in [0.25, 0.3) is 0 Å². The Kier molecular flexibility index (Phi) is 8.11. The molecule has 25 heavy (non-hydrogen) atoms. The quantitative estimate of drug-likeness (QED) is 0.428. The highest BCUT2D eigenvalue weighted by molar-refractivity contribution is 6.12. The van der Waals surface area contributed by atoms with E-state index in [0.29, 0.717) is 0 Å². The molecule has 0 bridgehead atoms. The van der Waals surface area contributed by atoms with Crippen LogP contribution < -0.4 is 0 Å². The first-order valence-corrected chi connectivity index (χ1v) is 7.70. The fraction of sp³-hybridized carbons (Fsp3) is 0.625. The summed E-state index contributed by atoms with van der Waals surface area (Å²) in [5, 5.41) is 27.5. The predicted molar refractivity (Wildman–Crippen MR) is 82.8 cm³/mol. The van der Waals surface area contributed by atoms with E-state index in [4.69, 9.17) is 10.2 Å². The van der Waals surface area contributed by atoms with Crippen molar-refractivity contribution in [3.05, 3.63) is 0 Å². The molecule has 0 aromatic carbocycles. The lowest BCUT2D eigenvalue weighted by molar-refractivity contribution is -0.162. The van der Waals surface area contributed by atoms with Gasteiger partial charge in [0, 0.05) is 12.8 Å². The molecule has 0 aliphatic carbocycles. The Morgan fingerprint density at radius 2 is 1.08 bits per heavy atom. The van der Waals surface area contributed by atoms with Crippen molar-refractivity contribution >= 4 is 35.3 Å². The Labute approximate surface area is 144 Å². The van der Waals surface area contributed by atoms with Crippen LogP contribution in [0.1, 0.15) is 46.5 Å². The number of Topliss-reactive ketones (excluding diaryl/α,β-unsaturated/α-hetero) is 3. The van der Waals surface area contributed by atoms with Crippen LogP contribution in [0.25, 0.3) is 0 Å². The van der Waals surface area contributed by atoms with Crippen LogP contribution in [0, 0.1) is 17.3 Å². The minimum Gasteiger partial charge on any atom is -0.481 e. The summed E-state index contributed by atoms with van der Waals surface area (Å²) in [6.45, 7) is 3.70. The fourth-order valence-corrected chi connectivity index (χ4v) is 2.53. The lowest BCUT2D eigenvalue weighted by Gasteiger charge is -2.27. The number of ketones is 3. The zero-order chi connectivity index (χ0) is 19.9. The average Bonchev–Trinajstić information content (AvgIpc) is 2.46. The first kappa shape index (κ1) is 22.4. The van der Waals surface area contributed by atoms with Crippen LogP contribution in [0.15, 0.2) is 0 Å². The lowest BCUT2D eigenvalue weighted by Crippen LogP contribution is -2.45. The van der Waals surface area contributed by atoms with E-state index in [2.05, 4.69) is 0 Å². The predicted octanol–water partition coefficient (Wildman–Crippen LogP) is 0.786. The molecular weight excluding hydrogens is 336 g/mol. The maximum Gasteiger partial charge on any atom is 0.318 e. The van der Waals surface area contributed by atoms with Crippen molar-refractivity contribution in [2.75, 3.05) is 0 Å². The molecule has 0 amide bonds. The maximum atomic E-state index is 12.2. The van der Waals surface area contributed by atoms with Gasteiger partial charge >= 0.3 is 17.9 Å². The van der Waals surface area contributed by atoms with Crippen LogP contribution >= 0.6 is 0 Å². The van der Waals surface area contributed by atoms with Gasteiger partial charge in [0.15, 0.2) is 0 Å². The number of hydrogen-bond donors (Lipinski definition) is 3. The van der Waals surface area contributed by atoms with Gasteiger partial charge in [0.1, 0.15) is 34.6 Å². The van der Waals surface area contributed by atoms with Gasteiger partial charge in [0.2, 0.25) is 0 Å². The fourth-order valence-electron chi connectivity index (χ4n) is 2.53. The summed E-state index contributed by atoms with van der Waals surface area (Å²) < 4.78 is 0. The summed E-state index contributed by atoms with van der Waals surface area (Å²) in [4.78, 5) is 70.1. The zero-order valence-corrected chi connectivity index (χ0v) is 14.3. The number of rotatable bonds is 12. The molecule has 0 spiro atoms. The molecule has 3 N–H and O–H groups in total.